The lowest BCUT2D eigenvalue weighted by Crippen LogP contribution is -2.39. The van der Waals surface area contributed by atoms with Gasteiger partial charge in [-0.1, -0.05) is 23.2 Å². The zero-order valence-electron chi connectivity index (χ0n) is 16.2. The predicted molar refractivity (Wildman–Crippen MR) is 113 cm³/mol. The van der Waals surface area contributed by atoms with Crippen molar-refractivity contribution in [2.24, 2.45) is 0 Å². The molecule has 164 valence electrons. The number of benzene rings is 2. The number of oxazole rings is 1. The molecule has 2 aromatic carbocycles. The Morgan fingerprint density at radius 2 is 1.81 bits per heavy atom. The first-order valence-electron chi connectivity index (χ1n) is 9.64. The Morgan fingerprint density at radius 1 is 1.13 bits per heavy atom. The molecule has 4 rings (SSSR count). The van der Waals surface area contributed by atoms with E-state index in [4.69, 9.17) is 27.6 Å². The van der Waals surface area contributed by atoms with Crippen LogP contribution in [0.1, 0.15) is 30.2 Å². The van der Waals surface area contributed by atoms with E-state index < -0.39 is 17.6 Å². The topological polar surface area (TPSA) is 58.4 Å². The van der Waals surface area contributed by atoms with Gasteiger partial charge in [-0.15, -0.1) is 0 Å². The number of nitrogens with zero attached hydrogens (tertiary/aromatic N) is 2. The van der Waals surface area contributed by atoms with E-state index in [2.05, 4.69) is 10.3 Å². The highest BCUT2D eigenvalue weighted by Crippen LogP contribution is 2.36. The van der Waals surface area contributed by atoms with Gasteiger partial charge in [0.05, 0.1) is 17.8 Å². The number of carbonyl (C=O) groups excluding carboxylic acids is 1. The van der Waals surface area contributed by atoms with Crippen molar-refractivity contribution in [3.05, 3.63) is 57.9 Å². The maximum Gasteiger partial charge on any atom is 0.418 e. The Kier molecular flexibility index (Phi) is 6.14. The minimum absolute atomic E-state index is 0.00416. The van der Waals surface area contributed by atoms with Gasteiger partial charge in [-0.05, 0) is 62.3 Å². The van der Waals surface area contributed by atoms with E-state index in [-0.39, 0.29) is 23.2 Å². The second-order valence-electron chi connectivity index (χ2n) is 7.45. The molecule has 0 aliphatic carbocycles. The van der Waals surface area contributed by atoms with Gasteiger partial charge >= 0.3 is 6.18 Å². The van der Waals surface area contributed by atoms with Crippen molar-refractivity contribution in [3.8, 4) is 0 Å². The molecule has 31 heavy (non-hydrogen) atoms. The second-order valence-corrected chi connectivity index (χ2v) is 8.32. The number of fused-ring (bicyclic) bond motifs is 1. The summed E-state index contributed by atoms with van der Waals surface area (Å²) in [5, 5.41) is 2.89. The number of piperidine rings is 1. The average molecular weight is 472 g/mol. The van der Waals surface area contributed by atoms with E-state index in [1.165, 1.54) is 6.07 Å². The molecule has 3 aromatic rings. The van der Waals surface area contributed by atoms with Crippen LogP contribution in [0.5, 0.6) is 0 Å². The Bertz CT molecular complexity index is 1110. The first kappa shape index (κ1) is 21.9. The lowest BCUT2D eigenvalue weighted by atomic mass is 9.97. The minimum atomic E-state index is -4.62. The maximum atomic E-state index is 13.2. The number of alkyl halides is 3. The summed E-state index contributed by atoms with van der Waals surface area (Å²) >= 11 is 11.7. The number of anilines is 1. The molecule has 10 heteroatoms. The summed E-state index contributed by atoms with van der Waals surface area (Å²) in [7, 11) is 0. The molecule has 1 fully saturated rings. The molecule has 1 aliphatic heterocycles. The first-order chi connectivity index (χ1) is 14.7. The van der Waals surface area contributed by atoms with Crippen LogP contribution in [-0.2, 0) is 11.0 Å². The molecule has 0 bridgehead atoms. The second kappa shape index (κ2) is 8.68. The normalized spacial score (nSPS) is 16.0. The summed E-state index contributed by atoms with van der Waals surface area (Å²) in [5.74, 6) is 0.235. The summed E-state index contributed by atoms with van der Waals surface area (Å²) in [5.41, 5.74) is 0.0995. The Labute approximate surface area is 186 Å². The molecule has 1 aliphatic rings. The van der Waals surface area contributed by atoms with Crippen LogP contribution in [0.15, 0.2) is 40.8 Å². The smallest absolute Gasteiger partial charge is 0.418 e. The van der Waals surface area contributed by atoms with Crippen molar-refractivity contribution in [2.75, 3.05) is 25.0 Å². The van der Waals surface area contributed by atoms with Gasteiger partial charge < -0.3 is 9.73 Å². The molecule has 0 unspecified atom stereocenters. The number of aromatic nitrogens is 1. The van der Waals surface area contributed by atoms with Gasteiger partial charge in [0.15, 0.2) is 11.5 Å². The number of halogens is 5. The summed E-state index contributed by atoms with van der Waals surface area (Å²) in [6.07, 6.45) is -3.17. The number of likely N-dealkylation sites (tertiary alicyclic amines) is 1. The number of hydrogen-bond donors (Lipinski definition) is 1. The van der Waals surface area contributed by atoms with E-state index >= 15 is 0 Å². The van der Waals surface area contributed by atoms with Gasteiger partial charge in [-0.2, -0.15) is 13.2 Å². The molecule has 1 amide bonds. The monoisotopic (exact) mass is 471 g/mol. The van der Waals surface area contributed by atoms with Crippen LogP contribution in [0.4, 0.5) is 18.9 Å². The van der Waals surface area contributed by atoms with Crippen LogP contribution < -0.4 is 5.32 Å². The van der Waals surface area contributed by atoms with Crippen LogP contribution in [0.2, 0.25) is 10.0 Å². The summed E-state index contributed by atoms with van der Waals surface area (Å²) in [6, 6.07) is 8.54. The molecular weight excluding hydrogens is 454 g/mol. The third-order valence-corrected chi connectivity index (χ3v) is 5.70. The highest BCUT2D eigenvalue weighted by atomic mass is 35.5. The Hall–Kier alpha value is -2.29. The highest BCUT2D eigenvalue weighted by Gasteiger charge is 2.34. The van der Waals surface area contributed by atoms with Crippen molar-refractivity contribution in [3.63, 3.8) is 0 Å². The summed E-state index contributed by atoms with van der Waals surface area (Å²) in [4.78, 5) is 18.8. The van der Waals surface area contributed by atoms with Crippen LogP contribution in [0.25, 0.3) is 11.1 Å². The van der Waals surface area contributed by atoms with E-state index in [1.54, 1.807) is 18.2 Å². The van der Waals surface area contributed by atoms with Crippen molar-refractivity contribution in [1.82, 2.24) is 9.88 Å². The molecule has 0 atom stereocenters. The fourth-order valence-corrected chi connectivity index (χ4v) is 4.02. The molecule has 0 radical (unpaired) electrons. The van der Waals surface area contributed by atoms with Crippen molar-refractivity contribution in [1.29, 1.82) is 0 Å². The van der Waals surface area contributed by atoms with Gasteiger partial charge in [-0.25, -0.2) is 4.98 Å². The zero-order chi connectivity index (χ0) is 22.2. The third kappa shape index (κ3) is 5.14. The molecule has 0 spiro atoms. The lowest BCUT2D eigenvalue weighted by molar-refractivity contribution is -0.137. The quantitative estimate of drug-likeness (QED) is 0.508. The van der Waals surface area contributed by atoms with Gasteiger partial charge in [0.2, 0.25) is 5.91 Å². The fourth-order valence-electron chi connectivity index (χ4n) is 3.68. The maximum absolute atomic E-state index is 13.2. The minimum Gasteiger partial charge on any atom is -0.440 e. The number of nitrogens with one attached hydrogen (secondary N) is 1. The molecular formula is C21H18Cl2F3N3O2. The standard InChI is InChI=1S/C21H18Cl2F3N3O2/c22-13-1-3-16(15(9-13)21(24,25)26)27-19(30)11-29-7-5-12(6-8-29)20-28-17-10-14(23)2-4-18(17)31-20/h1-4,9-10,12H,5-8,11H2,(H,27,30). The van der Waals surface area contributed by atoms with Crippen molar-refractivity contribution < 1.29 is 22.4 Å². The number of amides is 1. The van der Waals surface area contributed by atoms with Gasteiger partial charge in [0, 0.05) is 16.0 Å². The average Bonchev–Trinajstić information content (AvgIpc) is 3.12. The summed E-state index contributed by atoms with van der Waals surface area (Å²) < 4.78 is 45.4. The summed E-state index contributed by atoms with van der Waals surface area (Å²) in [6.45, 7) is 1.20. The molecule has 1 saturated heterocycles. The van der Waals surface area contributed by atoms with E-state index in [9.17, 15) is 18.0 Å². The fraction of sp³-hybridized carbons (Fsp3) is 0.333. The Balaban J connectivity index is 1.35. The number of carbonyl (C=O) groups is 1. The van der Waals surface area contributed by atoms with Crippen molar-refractivity contribution in [2.45, 2.75) is 24.9 Å². The van der Waals surface area contributed by atoms with Gasteiger partial charge in [-0.3, -0.25) is 9.69 Å². The molecule has 5 nitrogen and oxygen atoms in total. The third-order valence-electron chi connectivity index (χ3n) is 5.23. The molecule has 1 aromatic heterocycles. The zero-order valence-corrected chi connectivity index (χ0v) is 17.7. The molecule has 1 N–H and O–H groups in total. The van der Waals surface area contributed by atoms with Crippen LogP contribution in [0, 0.1) is 0 Å². The number of rotatable bonds is 4. The lowest BCUT2D eigenvalue weighted by Gasteiger charge is -2.30. The van der Waals surface area contributed by atoms with E-state index in [0.29, 0.717) is 35.1 Å². The van der Waals surface area contributed by atoms with E-state index in [0.717, 1.165) is 25.0 Å². The van der Waals surface area contributed by atoms with Gasteiger partial charge in [0.1, 0.15) is 5.52 Å². The van der Waals surface area contributed by atoms with Crippen LogP contribution in [0.3, 0.4) is 0 Å². The van der Waals surface area contributed by atoms with Crippen molar-refractivity contribution >= 4 is 45.9 Å². The Morgan fingerprint density at radius 3 is 2.52 bits per heavy atom. The SMILES string of the molecule is O=C(CN1CCC(c2nc3cc(Cl)ccc3o2)CC1)Nc1ccc(Cl)cc1C(F)(F)F. The van der Waals surface area contributed by atoms with E-state index in [1.807, 2.05) is 4.90 Å². The molecule has 2 heterocycles. The highest BCUT2D eigenvalue weighted by molar-refractivity contribution is 6.31. The van der Waals surface area contributed by atoms with Crippen LogP contribution >= 0.6 is 23.2 Å². The van der Waals surface area contributed by atoms with Gasteiger partial charge in [0.25, 0.3) is 0 Å². The number of hydrogen-bond acceptors (Lipinski definition) is 4. The largest absolute Gasteiger partial charge is 0.440 e. The van der Waals surface area contributed by atoms with Crippen LogP contribution in [-0.4, -0.2) is 35.4 Å². The predicted octanol–water partition coefficient (Wildman–Crippen LogP) is 5.97. The first-order valence-corrected chi connectivity index (χ1v) is 10.4. The molecule has 0 saturated carbocycles.